The lowest BCUT2D eigenvalue weighted by Gasteiger charge is -2.37. The van der Waals surface area contributed by atoms with Gasteiger partial charge in [-0.25, -0.2) is 9.98 Å². The monoisotopic (exact) mass is 661 g/mol. The topological polar surface area (TPSA) is 133 Å². The molecule has 11 nitrogen and oxygen atoms in total. The highest BCUT2D eigenvalue weighted by atomic mass is 16.6. The molecule has 4 atom stereocenters. The van der Waals surface area contributed by atoms with Crippen molar-refractivity contribution >= 4 is 17.9 Å². The number of fused-ring (bicyclic) bond motifs is 1. The minimum absolute atomic E-state index is 0.0844. The average molecular weight is 662 g/mol. The second-order valence-corrected chi connectivity index (χ2v) is 12.0. The van der Waals surface area contributed by atoms with E-state index in [4.69, 9.17) is 29.4 Å². The Balaban J connectivity index is 1.12. The Bertz CT molecular complexity index is 1770. The first-order valence-corrected chi connectivity index (χ1v) is 16.2. The molecule has 1 unspecified atom stereocenters. The smallest absolute Gasteiger partial charge is 0.263 e. The number of nitrogens with zero attached hydrogens (tertiary/aromatic N) is 4. The van der Waals surface area contributed by atoms with Gasteiger partial charge < -0.3 is 33.7 Å². The Kier molecular flexibility index (Phi) is 9.26. The molecular weight excluding hydrogens is 622 g/mol. The molecule has 4 aromatic carbocycles. The van der Waals surface area contributed by atoms with E-state index < -0.39 is 29.9 Å². The molecule has 0 aromatic heterocycles. The van der Waals surface area contributed by atoms with Crippen LogP contribution in [0.4, 0.5) is 0 Å². The first kappa shape index (κ1) is 32.6. The van der Waals surface area contributed by atoms with E-state index in [0.717, 1.165) is 33.8 Å². The number of aliphatic hydroxyl groups is 1. The van der Waals surface area contributed by atoms with Gasteiger partial charge in [0, 0.05) is 6.42 Å². The highest BCUT2D eigenvalue weighted by Gasteiger charge is 2.48. The number of rotatable bonds is 12. The van der Waals surface area contributed by atoms with Crippen molar-refractivity contribution in [3.8, 4) is 11.5 Å². The molecule has 4 aromatic rings. The Morgan fingerprint density at radius 2 is 1.45 bits per heavy atom. The van der Waals surface area contributed by atoms with Gasteiger partial charge in [0.2, 0.25) is 0 Å². The minimum atomic E-state index is -1.49. The molecule has 0 saturated carbocycles. The van der Waals surface area contributed by atoms with Crippen LogP contribution in [0.2, 0.25) is 0 Å². The fraction of sp³-hybridized carbons (Fsp3) is 0.289. The SMILES string of the molecule is COc1ccc(C(OC[C@H]2O[C@@H](N3CN=C4C3=NC=NC4(N)OCc3ccccc3)C[C@@H]2O)(c2ccccc2)c2ccc(OC)cc2)cc1. The van der Waals surface area contributed by atoms with Crippen LogP contribution in [-0.4, -0.2) is 79.7 Å². The van der Waals surface area contributed by atoms with Crippen LogP contribution in [0.1, 0.15) is 28.7 Å². The van der Waals surface area contributed by atoms with E-state index in [1.54, 1.807) is 14.2 Å². The van der Waals surface area contributed by atoms with Crippen molar-refractivity contribution in [1.82, 2.24) is 4.90 Å². The third-order valence-electron chi connectivity index (χ3n) is 9.12. The summed E-state index contributed by atoms with van der Waals surface area (Å²) in [6.07, 6.45) is -0.283. The van der Waals surface area contributed by atoms with Crippen molar-refractivity contribution in [1.29, 1.82) is 0 Å². The molecule has 7 rings (SSSR count). The van der Waals surface area contributed by atoms with Crippen LogP contribution in [0.3, 0.4) is 0 Å². The highest BCUT2D eigenvalue weighted by molar-refractivity contribution is 6.47. The van der Waals surface area contributed by atoms with Crippen molar-refractivity contribution in [3.63, 3.8) is 0 Å². The first-order valence-electron chi connectivity index (χ1n) is 16.2. The van der Waals surface area contributed by atoms with Crippen molar-refractivity contribution < 1.29 is 28.8 Å². The van der Waals surface area contributed by atoms with Gasteiger partial charge >= 0.3 is 0 Å². The molecular formula is C38H39N5O6. The summed E-state index contributed by atoms with van der Waals surface area (Å²) in [4.78, 5) is 15.4. The maximum absolute atomic E-state index is 11.4. The second kappa shape index (κ2) is 13.9. The molecule has 0 bridgehead atoms. The Labute approximate surface area is 285 Å². The van der Waals surface area contributed by atoms with E-state index in [0.29, 0.717) is 18.0 Å². The Morgan fingerprint density at radius 3 is 2.06 bits per heavy atom. The van der Waals surface area contributed by atoms with Gasteiger partial charge in [-0.15, -0.1) is 0 Å². The quantitative estimate of drug-likeness (QED) is 0.168. The lowest BCUT2D eigenvalue weighted by molar-refractivity contribution is -0.0989. The van der Waals surface area contributed by atoms with E-state index in [-0.39, 0.29) is 19.9 Å². The predicted octanol–water partition coefficient (Wildman–Crippen LogP) is 4.47. The van der Waals surface area contributed by atoms with E-state index >= 15 is 0 Å². The number of amidine groups is 1. The van der Waals surface area contributed by atoms with E-state index in [2.05, 4.69) is 15.0 Å². The van der Waals surface area contributed by atoms with Crippen LogP contribution in [0, 0.1) is 0 Å². The molecule has 3 heterocycles. The minimum Gasteiger partial charge on any atom is -0.497 e. The number of hydrogen-bond donors (Lipinski definition) is 2. The van der Waals surface area contributed by atoms with Crippen LogP contribution < -0.4 is 15.2 Å². The van der Waals surface area contributed by atoms with Gasteiger partial charge in [0.05, 0.1) is 33.5 Å². The van der Waals surface area contributed by atoms with Crippen molar-refractivity contribution in [2.75, 3.05) is 27.5 Å². The molecule has 0 aliphatic carbocycles. The molecule has 3 aliphatic heterocycles. The van der Waals surface area contributed by atoms with Crippen LogP contribution in [-0.2, 0) is 26.4 Å². The maximum Gasteiger partial charge on any atom is 0.263 e. The lowest BCUT2D eigenvalue weighted by atomic mass is 9.80. The number of benzene rings is 4. The average Bonchev–Trinajstić information content (AvgIpc) is 3.76. The third-order valence-corrected chi connectivity index (χ3v) is 9.12. The van der Waals surface area contributed by atoms with E-state index in [9.17, 15) is 5.11 Å². The molecule has 0 spiro atoms. The number of hydrogen-bond acceptors (Lipinski definition) is 11. The summed E-state index contributed by atoms with van der Waals surface area (Å²) < 4.78 is 30.5. The Morgan fingerprint density at radius 1 is 0.857 bits per heavy atom. The fourth-order valence-electron chi connectivity index (χ4n) is 6.50. The van der Waals surface area contributed by atoms with E-state index in [1.807, 2.05) is 114 Å². The zero-order valence-corrected chi connectivity index (χ0v) is 27.4. The molecule has 49 heavy (non-hydrogen) atoms. The van der Waals surface area contributed by atoms with Gasteiger partial charge in [0.1, 0.15) is 48.2 Å². The molecule has 1 saturated heterocycles. The summed E-state index contributed by atoms with van der Waals surface area (Å²) in [6, 6.07) is 35.4. The zero-order valence-electron chi connectivity index (χ0n) is 27.4. The molecule has 252 valence electrons. The number of nitrogens with two attached hydrogens (primary N) is 1. The standard InChI is InChI=1S/C38H39N5O6/c1-45-30-17-13-28(14-18-30)37(27-11-7-4-8-12-27,29-15-19-31(46-2)20-16-29)47-23-33-32(44)21-34(49-33)43-25-41-35-36(43)40-24-42-38(35,39)48-22-26-9-5-3-6-10-26/h3-20,24,32-34,44H,21-23,25,39H2,1-2H3/t32-,33+,34+,38?/m0/s1. The summed E-state index contributed by atoms with van der Waals surface area (Å²) in [5.41, 5.74) is 9.64. The van der Waals surface area contributed by atoms with Gasteiger partial charge in [-0.1, -0.05) is 84.9 Å². The number of methoxy groups -OCH3 is 2. The summed E-state index contributed by atoms with van der Waals surface area (Å²) in [7, 11) is 3.28. The normalized spacial score (nSPS) is 23.2. The first-order chi connectivity index (χ1) is 23.9. The van der Waals surface area contributed by atoms with Gasteiger partial charge in [-0.05, 0) is 46.5 Å². The van der Waals surface area contributed by atoms with Crippen LogP contribution >= 0.6 is 0 Å². The molecule has 0 amide bonds. The van der Waals surface area contributed by atoms with Crippen molar-refractivity contribution in [2.24, 2.45) is 20.7 Å². The predicted molar refractivity (Wildman–Crippen MR) is 186 cm³/mol. The number of ether oxygens (including phenoxy) is 5. The van der Waals surface area contributed by atoms with Crippen LogP contribution in [0.5, 0.6) is 11.5 Å². The van der Waals surface area contributed by atoms with Crippen molar-refractivity contribution in [3.05, 3.63) is 131 Å². The molecule has 3 aliphatic rings. The number of aliphatic hydroxyl groups excluding tert-OH is 1. The number of aliphatic imine (C=N–C) groups is 3. The molecule has 11 heteroatoms. The van der Waals surface area contributed by atoms with Crippen LogP contribution in [0.25, 0.3) is 0 Å². The molecule has 1 fully saturated rings. The fourth-order valence-corrected chi connectivity index (χ4v) is 6.50. The second-order valence-electron chi connectivity index (χ2n) is 12.0. The third kappa shape index (κ3) is 6.34. The zero-order chi connectivity index (χ0) is 33.8. The van der Waals surface area contributed by atoms with Gasteiger partial charge in [0.25, 0.3) is 5.85 Å². The molecule has 3 N–H and O–H groups in total. The molecule has 0 radical (unpaired) electrons. The van der Waals surface area contributed by atoms with Crippen LogP contribution in [0.15, 0.2) is 124 Å². The largest absolute Gasteiger partial charge is 0.497 e. The van der Waals surface area contributed by atoms with Gasteiger partial charge in [0.15, 0.2) is 5.84 Å². The summed E-state index contributed by atoms with van der Waals surface area (Å²) >= 11 is 0. The Hall–Kier alpha value is -4.91. The summed E-state index contributed by atoms with van der Waals surface area (Å²) in [6.45, 7) is 0.577. The lowest BCUT2D eigenvalue weighted by Crippen LogP contribution is -2.55. The highest BCUT2D eigenvalue weighted by Crippen LogP contribution is 2.42. The van der Waals surface area contributed by atoms with Crippen molar-refractivity contribution in [2.45, 2.75) is 42.9 Å². The van der Waals surface area contributed by atoms with Gasteiger partial charge in [-0.3, -0.25) is 10.7 Å². The summed E-state index contributed by atoms with van der Waals surface area (Å²) in [5, 5.41) is 11.4. The maximum atomic E-state index is 11.4. The summed E-state index contributed by atoms with van der Waals surface area (Å²) in [5.74, 6) is 0.479. The van der Waals surface area contributed by atoms with E-state index in [1.165, 1.54) is 6.34 Å². The van der Waals surface area contributed by atoms with Gasteiger partial charge in [-0.2, -0.15) is 0 Å².